The first-order chi connectivity index (χ1) is 9.54. The molecule has 0 saturated heterocycles. The summed E-state index contributed by atoms with van der Waals surface area (Å²) in [4.78, 5) is 15.4. The molecular formula is C16H21N3O. The number of likely N-dealkylation sites (N-methyl/N-ethyl adjacent to an activating group) is 2. The van der Waals surface area contributed by atoms with Gasteiger partial charge in [0.15, 0.2) is 0 Å². The molecule has 20 heavy (non-hydrogen) atoms. The van der Waals surface area contributed by atoms with Crippen LogP contribution < -0.4 is 10.6 Å². The zero-order valence-corrected chi connectivity index (χ0v) is 12.3. The van der Waals surface area contributed by atoms with E-state index in [1.807, 2.05) is 36.2 Å². The van der Waals surface area contributed by atoms with E-state index in [9.17, 15) is 4.79 Å². The van der Waals surface area contributed by atoms with Gasteiger partial charge in [-0.05, 0) is 17.0 Å². The van der Waals surface area contributed by atoms with Crippen LogP contribution in [0.2, 0.25) is 0 Å². The summed E-state index contributed by atoms with van der Waals surface area (Å²) in [5.41, 5.74) is 7.96. The maximum atomic E-state index is 11.9. The molecule has 0 saturated carbocycles. The molecule has 2 rings (SSSR count). The summed E-state index contributed by atoms with van der Waals surface area (Å²) in [6, 6.07) is 12.2. The molecule has 106 valence electrons. The molecule has 0 fully saturated rings. The molecule has 1 amide bonds. The summed E-state index contributed by atoms with van der Waals surface area (Å²) < 4.78 is 0. The molecule has 0 spiro atoms. The van der Waals surface area contributed by atoms with Crippen molar-refractivity contribution in [1.82, 2.24) is 4.90 Å². The van der Waals surface area contributed by atoms with Gasteiger partial charge in [0.2, 0.25) is 5.91 Å². The minimum atomic E-state index is 0.0829. The fourth-order valence-corrected chi connectivity index (χ4v) is 2.29. The van der Waals surface area contributed by atoms with Gasteiger partial charge in [0.1, 0.15) is 0 Å². The lowest BCUT2D eigenvalue weighted by molar-refractivity contribution is -0.127. The predicted molar refractivity (Wildman–Crippen MR) is 83.8 cm³/mol. The first-order valence-corrected chi connectivity index (χ1v) is 6.66. The number of fused-ring (bicyclic) bond motifs is 1. The standard InChI is InChI=1S/C16H21N3O/c1-18(2)16(20)11-19(3)15-9-8-12(10-17)13-6-4-5-7-14(13)15/h4-9H,10-11,17H2,1-3H3. The van der Waals surface area contributed by atoms with E-state index in [0.717, 1.165) is 22.0 Å². The molecule has 0 aliphatic rings. The quantitative estimate of drug-likeness (QED) is 0.923. The lowest BCUT2D eigenvalue weighted by Gasteiger charge is -2.23. The maximum absolute atomic E-state index is 11.9. The molecule has 0 radical (unpaired) electrons. The lowest BCUT2D eigenvalue weighted by atomic mass is 10.0. The van der Waals surface area contributed by atoms with Gasteiger partial charge in [-0.25, -0.2) is 0 Å². The second kappa shape index (κ2) is 5.92. The Morgan fingerprint density at radius 1 is 1.05 bits per heavy atom. The van der Waals surface area contributed by atoms with Gasteiger partial charge in [-0.15, -0.1) is 0 Å². The third-order valence-electron chi connectivity index (χ3n) is 3.49. The van der Waals surface area contributed by atoms with Crippen LogP contribution in [0.1, 0.15) is 5.56 Å². The third-order valence-corrected chi connectivity index (χ3v) is 3.49. The zero-order valence-electron chi connectivity index (χ0n) is 12.3. The van der Waals surface area contributed by atoms with Crippen molar-refractivity contribution in [2.24, 2.45) is 5.73 Å². The van der Waals surface area contributed by atoms with E-state index >= 15 is 0 Å². The number of hydrogen-bond donors (Lipinski definition) is 1. The number of amides is 1. The third kappa shape index (κ3) is 2.75. The highest BCUT2D eigenvalue weighted by molar-refractivity contribution is 5.97. The number of carbonyl (C=O) groups is 1. The zero-order chi connectivity index (χ0) is 14.7. The van der Waals surface area contributed by atoms with Gasteiger partial charge in [-0.1, -0.05) is 30.3 Å². The first kappa shape index (κ1) is 14.3. The first-order valence-electron chi connectivity index (χ1n) is 6.66. The fraction of sp³-hybridized carbons (Fsp3) is 0.312. The molecule has 0 unspecified atom stereocenters. The number of nitrogens with zero attached hydrogens (tertiary/aromatic N) is 2. The second-order valence-electron chi connectivity index (χ2n) is 5.14. The Labute approximate surface area is 119 Å². The van der Waals surface area contributed by atoms with Crippen LogP contribution in [0.5, 0.6) is 0 Å². The summed E-state index contributed by atoms with van der Waals surface area (Å²) in [6.07, 6.45) is 0. The SMILES string of the molecule is CN(C)C(=O)CN(C)c1ccc(CN)c2ccccc12. The van der Waals surface area contributed by atoms with Crippen LogP contribution in [0, 0.1) is 0 Å². The van der Waals surface area contributed by atoms with Gasteiger partial charge in [-0.3, -0.25) is 4.79 Å². The van der Waals surface area contributed by atoms with E-state index in [4.69, 9.17) is 5.73 Å². The van der Waals surface area contributed by atoms with E-state index in [2.05, 4.69) is 12.1 Å². The molecule has 0 aromatic heterocycles. The minimum Gasteiger partial charge on any atom is -0.365 e. The Balaban J connectivity index is 2.42. The average molecular weight is 271 g/mol. The van der Waals surface area contributed by atoms with Crippen LogP contribution >= 0.6 is 0 Å². The predicted octanol–water partition coefficient (Wildman–Crippen LogP) is 1.82. The molecule has 4 heteroatoms. The molecule has 4 nitrogen and oxygen atoms in total. The van der Waals surface area contributed by atoms with Crippen LogP contribution in [-0.4, -0.2) is 38.5 Å². The van der Waals surface area contributed by atoms with Crippen molar-refractivity contribution < 1.29 is 4.79 Å². The van der Waals surface area contributed by atoms with E-state index in [-0.39, 0.29) is 5.91 Å². The van der Waals surface area contributed by atoms with E-state index in [1.54, 1.807) is 19.0 Å². The van der Waals surface area contributed by atoms with E-state index in [1.165, 1.54) is 0 Å². The van der Waals surface area contributed by atoms with Gasteiger partial charge in [0, 0.05) is 38.8 Å². The van der Waals surface area contributed by atoms with Crippen molar-refractivity contribution in [1.29, 1.82) is 0 Å². The van der Waals surface area contributed by atoms with Gasteiger partial charge < -0.3 is 15.5 Å². The van der Waals surface area contributed by atoms with Crippen molar-refractivity contribution in [3.8, 4) is 0 Å². The largest absolute Gasteiger partial charge is 0.365 e. The van der Waals surface area contributed by atoms with Gasteiger partial charge in [-0.2, -0.15) is 0 Å². The highest BCUT2D eigenvalue weighted by Gasteiger charge is 2.12. The molecule has 0 bridgehead atoms. The Morgan fingerprint density at radius 2 is 1.70 bits per heavy atom. The number of benzene rings is 2. The molecule has 0 aliphatic heterocycles. The van der Waals surface area contributed by atoms with Gasteiger partial charge in [0.25, 0.3) is 0 Å². The van der Waals surface area contributed by atoms with Crippen LogP contribution in [0.25, 0.3) is 10.8 Å². The Kier molecular flexibility index (Phi) is 4.25. The van der Waals surface area contributed by atoms with Crippen LogP contribution in [0.4, 0.5) is 5.69 Å². The number of hydrogen-bond acceptors (Lipinski definition) is 3. The molecule has 2 N–H and O–H groups in total. The Bertz CT molecular complexity index is 622. The van der Waals surface area contributed by atoms with Gasteiger partial charge in [0.05, 0.1) is 6.54 Å². The second-order valence-corrected chi connectivity index (χ2v) is 5.14. The summed E-state index contributed by atoms with van der Waals surface area (Å²) in [6.45, 7) is 0.875. The minimum absolute atomic E-state index is 0.0829. The van der Waals surface area contributed by atoms with Crippen LogP contribution in [-0.2, 0) is 11.3 Å². The Morgan fingerprint density at radius 3 is 2.30 bits per heavy atom. The maximum Gasteiger partial charge on any atom is 0.241 e. The van der Waals surface area contributed by atoms with Gasteiger partial charge >= 0.3 is 0 Å². The normalized spacial score (nSPS) is 10.6. The van der Waals surface area contributed by atoms with E-state index < -0.39 is 0 Å². The summed E-state index contributed by atoms with van der Waals surface area (Å²) in [7, 11) is 5.48. The number of carbonyl (C=O) groups excluding carboxylic acids is 1. The topological polar surface area (TPSA) is 49.6 Å². The van der Waals surface area contributed by atoms with Crippen LogP contribution in [0.15, 0.2) is 36.4 Å². The monoisotopic (exact) mass is 271 g/mol. The van der Waals surface area contributed by atoms with Crippen molar-refractivity contribution in [2.45, 2.75) is 6.54 Å². The highest BCUT2D eigenvalue weighted by Crippen LogP contribution is 2.28. The van der Waals surface area contributed by atoms with E-state index in [0.29, 0.717) is 13.1 Å². The van der Waals surface area contributed by atoms with Crippen molar-refractivity contribution >= 4 is 22.4 Å². The van der Waals surface area contributed by atoms with Crippen molar-refractivity contribution in [2.75, 3.05) is 32.6 Å². The number of anilines is 1. The summed E-state index contributed by atoms with van der Waals surface area (Å²) >= 11 is 0. The van der Waals surface area contributed by atoms with Crippen LogP contribution in [0.3, 0.4) is 0 Å². The average Bonchev–Trinajstić information content (AvgIpc) is 2.45. The van der Waals surface area contributed by atoms with Crippen molar-refractivity contribution in [3.63, 3.8) is 0 Å². The number of rotatable bonds is 4. The molecule has 0 heterocycles. The molecular weight excluding hydrogens is 250 g/mol. The van der Waals surface area contributed by atoms with Crippen molar-refractivity contribution in [3.05, 3.63) is 42.0 Å². The highest BCUT2D eigenvalue weighted by atomic mass is 16.2. The molecule has 2 aromatic carbocycles. The fourth-order valence-electron chi connectivity index (χ4n) is 2.29. The molecule has 2 aromatic rings. The summed E-state index contributed by atoms with van der Waals surface area (Å²) in [5, 5.41) is 2.28. The summed E-state index contributed by atoms with van der Waals surface area (Å²) in [5.74, 6) is 0.0829. The Hall–Kier alpha value is -2.07. The lowest BCUT2D eigenvalue weighted by Crippen LogP contribution is -2.34. The number of nitrogens with two attached hydrogens (primary N) is 1. The molecule has 0 aliphatic carbocycles. The smallest absolute Gasteiger partial charge is 0.241 e. The molecule has 0 atom stereocenters.